The molecule has 1 aliphatic rings. The van der Waals surface area contributed by atoms with Gasteiger partial charge in [-0.2, -0.15) is 5.10 Å². The second-order valence-corrected chi connectivity index (χ2v) is 3.53. The van der Waals surface area contributed by atoms with Gasteiger partial charge in [0.15, 0.2) is 0 Å². The van der Waals surface area contributed by atoms with Crippen LogP contribution in [0.15, 0.2) is 12.4 Å². The number of amides is 4. The summed E-state index contributed by atoms with van der Waals surface area (Å²) in [5.74, 6) is -1.05. The molecule has 1 aliphatic heterocycles. The lowest BCUT2D eigenvalue weighted by atomic mass is 10.2. The summed E-state index contributed by atoms with van der Waals surface area (Å²) >= 11 is 0. The van der Waals surface area contributed by atoms with E-state index in [2.05, 4.69) is 10.4 Å². The van der Waals surface area contributed by atoms with E-state index in [0.29, 0.717) is 0 Å². The molecule has 84 valence electrons. The topological polar surface area (TPSA) is 84.3 Å². The average molecular weight is 222 g/mol. The van der Waals surface area contributed by atoms with Crippen molar-refractivity contribution in [1.29, 1.82) is 0 Å². The summed E-state index contributed by atoms with van der Waals surface area (Å²) in [6.45, 7) is 0.131. The first-order valence-electron chi connectivity index (χ1n) is 4.68. The van der Waals surface area contributed by atoms with Gasteiger partial charge < -0.3 is 0 Å². The third-order valence-electron chi connectivity index (χ3n) is 2.20. The first-order chi connectivity index (χ1) is 7.56. The summed E-state index contributed by atoms with van der Waals surface area (Å²) in [4.78, 5) is 34.7. The van der Waals surface area contributed by atoms with Gasteiger partial charge >= 0.3 is 6.03 Å². The van der Waals surface area contributed by atoms with E-state index in [1.807, 2.05) is 0 Å². The monoisotopic (exact) mass is 222 g/mol. The van der Waals surface area contributed by atoms with Gasteiger partial charge in [-0.25, -0.2) is 4.79 Å². The number of hydrogen-bond donors (Lipinski definition) is 1. The highest BCUT2D eigenvalue weighted by molar-refractivity contribution is 6.13. The average Bonchev–Trinajstić information content (AvgIpc) is 2.58. The van der Waals surface area contributed by atoms with E-state index in [1.54, 1.807) is 24.1 Å². The molecule has 7 heteroatoms. The van der Waals surface area contributed by atoms with Gasteiger partial charge in [-0.3, -0.25) is 24.5 Å². The molecule has 0 spiro atoms. The molecule has 2 heterocycles. The van der Waals surface area contributed by atoms with Gasteiger partial charge in [-0.15, -0.1) is 0 Å². The molecule has 0 bridgehead atoms. The Balaban J connectivity index is 2.12. The maximum atomic E-state index is 11.4. The minimum absolute atomic E-state index is 0.131. The number of hydrogen-bond acceptors (Lipinski definition) is 4. The SMILES string of the molecule is Cn1cc(CN2C(=O)CC(=O)NC2=O)cn1. The highest BCUT2D eigenvalue weighted by atomic mass is 16.2. The zero-order chi connectivity index (χ0) is 11.7. The van der Waals surface area contributed by atoms with Gasteiger partial charge in [0.1, 0.15) is 6.42 Å². The fourth-order valence-electron chi connectivity index (χ4n) is 1.47. The molecular formula is C9H10N4O3. The molecule has 1 N–H and O–H groups in total. The Morgan fingerprint density at radius 1 is 1.44 bits per heavy atom. The largest absolute Gasteiger partial charge is 0.331 e. The van der Waals surface area contributed by atoms with E-state index in [4.69, 9.17) is 0 Å². The van der Waals surface area contributed by atoms with Crippen LogP contribution >= 0.6 is 0 Å². The van der Waals surface area contributed by atoms with Gasteiger partial charge in [-0.05, 0) is 0 Å². The third-order valence-corrected chi connectivity index (χ3v) is 2.20. The van der Waals surface area contributed by atoms with E-state index in [-0.39, 0.29) is 13.0 Å². The Hall–Kier alpha value is -2.18. The predicted molar refractivity (Wildman–Crippen MR) is 51.9 cm³/mol. The molecule has 16 heavy (non-hydrogen) atoms. The number of carbonyl (C=O) groups excluding carboxylic acids is 3. The number of rotatable bonds is 2. The molecule has 2 rings (SSSR count). The quantitative estimate of drug-likeness (QED) is 0.676. The van der Waals surface area contributed by atoms with E-state index in [9.17, 15) is 14.4 Å². The maximum Gasteiger partial charge on any atom is 0.331 e. The number of aromatic nitrogens is 2. The van der Waals surface area contributed by atoms with E-state index in [1.165, 1.54) is 0 Å². The lowest BCUT2D eigenvalue weighted by molar-refractivity contribution is -0.136. The van der Waals surface area contributed by atoms with Crippen molar-refractivity contribution in [3.05, 3.63) is 18.0 Å². The van der Waals surface area contributed by atoms with Crippen LogP contribution in [0.4, 0.5) is 4.79 Å². The number of nitrogens with zero attached hydrogens (tertiary/aromatic N) is 3. The standard InChI is InChI=1S/C9H10N4O3/c1-12-4-6(3-10-12)5-13-8(15)2-7(14)11-9(13)16/h3-4H,2,5H2,1H3,(H,11,14,16). The summed E-state index contributed by atoms with van der Waals surface area (Å²) in [6, 6.07) is -0.676. The number of aryl methyl sites for hydroxylation is 1. The first kappa shape index (κ1) is 10.3. The van der Waals surface area contributed by atoms with Gasteiger partial charge in [0.2, 0.25) is 11.8 Å². The maximum absolute atomic E-state index is 11.4. The van der Waals surface area contributed by atoms with Gasteiger partial charge in [0.25, 0.3) is 0 Å². The summed E-state index contributed by atoms with van der Waals surface area (Å²) in [5.41, 5.74) is 0.736. The fraction of sp³-hybridized carbons (Fsp3) is 0.333. The summed E-state index contributed by atoms with van der Waals surface area (Å²) < 4.78 is 1.58. The van der Waals surface area contributed by atoms with E-state index in [0.717, 1.165) is 10.5 Å². The minimum atomic E-state index is -0.676. The van der Waals surface area contributed by atoms with Crippen LogP contribution in [0.25, 0.3) is 0 Å². The van der Waals surface area contributed by atoms with Crippen molar-refractivity contribution in [3.63, 3.8) is 0 Å². The van der Waals surface area contributed by atoms with Crippen molar-refractivity contribution >= 4 is 17.8 Å². The fourth-order valence-corrected chi connectivity index (χ4v) is 1.47. The zero-order valence-corrected chi connectivity index (χ0v) is 8.64. The summed E-state index contributed by atoms with van der Waals surface area (Å²) in [6.07, 6.45) is 2.99. The zero-order valence-electron chi connectivity index (χ0n) is 8.64. The highest BCUT2D eigenvalue weighted by Gasteiger charge is 2.30. The molecule has 0 unspecified atom stereocenters. The molecule has 0 saturated carbocycles. The van der Waals surface area contributed by atoms with Gasteiger partial charge in [-0.1, -0.05) is 0 Å². The number of imide groups is 2. The Morgan fingerprint density at radius 3 is 2.75 bits per heavy atom. The second-order valence-electron chi connectivity index (χ2n) is 3.53. The Labute approximate surface area is 91.0 Å². The number of urea groups is 1. The van der Waals surface area contributed by atoms with E-state index >= 15 is 0 Å². The molecule has 0 atom stereocenters. The molecular weight excluding hydrogens is 212 g/mol. The van der Waals surface area contributed by atoms with Crippen molar-refractivity contribution in [3.8, 4) is 0 Å². The van der Waals surface area contributed by atoms with Gasteiger partial charge in [0.05, 0.1) is 12.7 Å². The Bertz CT molecular complexity index is 445. The van der Waals surface area contributed by atoms with E-state index < -0.39 is 17.8 Å². The van der Waals surface area contributed by atoms with Crippen LogP contribution < -0.4 is 5.32 Å². The smallest absolute Gasteiger partial charge is 0.277 e. The Morgan fingerprint density at radius 2 is 2.19 bits per heavy atom. The second kappa shape index (κ2) is 3.76. The predicted octanol–water partition coefficient (Wildman–Crippen LogP) is -0.611. The number of nitrogens with one attached hydrogen (secondary N) is 1. The van der Waals surface area contributed by atoms with Crippen LogP contribution in [0.5, 0.6) is 0 Å². The van der Waals surface area contributed by atoms with Crippen molar-refractivity contribution in [2.24, 2.45) is 7.05 Å². The molecule has 0 radical (unpaired) electrons. The first-order valence-corrected chi connectivity index (χ1v) is 4.68. The van der Waals surface area contributed by atoms with Crippen LogP contribution in [0, 0.1) is 0 Å². The molecule has 4 amide bonds. The van der Waals surface area contributed by atoms with Crippen molar-refractivity contribution in [1.82, 2.24) is 20.0 Å². The van der Waals surface area contributed by atoms with Crippen LogP contribution in [0.2, 0.25) is 0 Å². The van der Waals surface area contributed by atoms with Crippen LogP contribution in [0.3, 0.4) is 0 Å². The number of barbiturate groups is 1. The Kier molecular flexibility index (Phi) is 2.43. The van der Waals surface area contributed by atoms with Crippen LogP contribution in [-0.4, -0.2) is 32.5 Å². The van der Waals surface area contributed by atoms with Crippen molar-refractivity contribution < 1.29 is 14.4 Å². The molecule has 1 saturated heterocycles. The molecule has 7 nitrogen and oxygen atoms in total. The number of carbonyl (C=O) groups is 3. The molecule has 1 aromatic heterocycles. The molecule has 0 aromatic carbocycles. The van der Waals surface area contributed by atoms with Crippen LogP contribution in [-0.2, 0) is 23.2 Å². The normalized spacial score (nSPS) is 16.6. The lowest BCUT2D eigenvalue weighted by Crippen LogP contribution is -2.52. The summed E-state index contributed by atoms with van der Waals surface area (Å²) in [7, 11) is 1.74. The lowest BCUT2D eigenvalue weighted by Gasteiger charge is -2.23. The highest BCUT2D eigenvalue weighted by Crippen LogP contribution is 2.08. The van der Waals surface area contributed by atoms with Gasteiger partial charge in [0, 0.05) is 18.8 Å². The van der Waals surface area contributed by atoms with Crippen LogP contribution in [0.1, 0.15) is 12.0 Å². The van der Waals surface area contributed by atoms with Crippen molar-refractivity contribution in [2.75, 3.05) is 0 Å². The molecule has 1 aromatic rings. The van der Waals surface area contributed by atoms with Crippen molar-refractivity contribution in [2.45, 2.75) is 13.0 Å². The molecule has 0 aliphatic carbocycles. The summed E-state index contributed by atoms with van der Waals surface area (Å²) in [5, 5.41) is 6.01. The third kappa shape index (κ3) is 1.92. The molecule has 1 fully saturated rings. The minimum Gasteiger partial charge on any atom is -0.277 e.